The standard InChI is InChI=1S/C14H13BrN4O/c15-10-1-2-11-12(7-10)19-13(8-16-11)17-18-14(19)9-3-5-20-6-4-9/h1-2,7-9H,3-6H2. The summed E-state index contributed by atoms with van der Waals surface area (Å²) >= 11 is 3.53. The SMILES string of the molecule is Brc1ccc2ncc3nnc(C4CCOCC4)n3c2c1. The van der Waals surface area contributed by atoms with Crippen molar-refractivity contribution >= 4 is 32.6 Å². The number of hydrogen-bond donors (Lipinski definition) is 0. The highest BCUT2D eigenvalue weighted by molar-refractivity contribution is 9.10. The first-order chi connectivity index (χ1) is 9.83. The van der Waals surface area contributed by atoms with E-state index < -0.39 is 0 Å². The lowest BCUT2D eigenvalue weighted by Crippen LogP contribution is -2.16. The largest absolute Gasteiger partial charge is 0.381 e. The second-order valence-corrected chi connectivity index (χ2v) is 5.95. The van der Waals surface area contributed by atoms with Crippen molar-refractivity contribution < 1.29 is 4.74 Å². The first-order valence-electron chi connectivity index (χ1n) is 6.70. The van der Waals surface area contributed by atoms with Crippen molar-refractivity contribution in [2.45, 2.75) is 18.8 Å². The average molecular weight is 333 g/mol. The van der Waals surface area contributed by atoms with Crippen molar-refractivity contribution in [1.29, 1.82) is 0 Å². The molecule has 0 N–H and O–H groups in total. The molecule has 0 aliphatic carbocycles. The van der Waals surface area contributed by atoms with E-state index in [4.69, 9.17) is 4.74 Å². The molecular formula is C14H13BrN4O. The first-order valence-corrected chi connectivity index (χ1v) is 7.49. The van der Waals surface area contributed by atoms with Crippen LogP contribution >= 0.6 is 15.9 Å². The molecule has 1 saturated heterocycles. The van der Waals surface area contributed by atoms with Crippen molar-refractivity contribution in [3.05, 3.63) is 34.7 Å². The Labute approximate surface area is 124 Å². The summed E-state index contributed by atoms with van der Waals surface area (Å²) < 4.78 is 8.60. The van der Waals surface area contributed by atoms with Gasteiger partial charge in [-0.1, -0.05) is 15.9 Å². The fourth-order valence-corrected chi connectivity index (χ4v) is 3.12. The third-order valence-corrected chi connectivity index (χ3v) is 4.29. The van der Waals surface area contributed by atoms with Gasteiger partial charge in [0.15, 0.2) is 5.65 Å². The Hall–Kier alpha value is -1.53. The minimum atomic E-state index is 0.406. The summed E-state index contributed by atoms with van der Waals surface area (Å²) in [7, 11) is 0. The van der Waals surface area contributed by atoms with E-state index in [0.29, 0.717) is 5.92 Å². The van der Waals surface area contributed by atoms with E-state index in [2.05, 4.69) is 41.6 Å². The van der Waals surface area contributed by atoms with Crippen LogP contribution in [0.5, 0.6) is 0 Å². The molecule has 0 bridgehead atoms. The summed E-state index contributed by atoms with van der Waals surface area (Å²) in [5, 5.41) is 8.67. The predicted molar refractivity (Wildman–Crippen MR) is 78.8 cm³/mol. The smallest absolute Gasteiger partial charge is 0.179 e. The molecule has 2 aromatic heterocycles. The van der Waals surface area contributed by atoms with Crippen LogP contribution in [0, 0.1) is 0 Å². The Morgan fingerprint density at radius 2 is 2.05 bits per heavy atom. The predicted octanol–water partition coefficient (Wildman–Crippen LogP) is 2.93. The highest BCUT2D eigenvalue weighted by Gasteiger charge is 2.22. The second-order valence-electron chi connectivity index (χ2n) is 5.03. The summed E-state index contributed by atoms with van der Waals surface area (Å²) in [6.45, 7) is 1.60. The van der Waals surface area contributed by atoms with Gasteiger partial charge >= 0.3 is 0 Å². The maximum Gasteiger partial charge on any atom is 0.179 e. The number of halogens is 1. The number of aromatic nitrogens is 4. The lowest BCUT2D eigenvalue weighted by atomic mass is 9.99. The van der Waals surface area contributed by atoms with Crippen molar-refractivity contribution in [2.24, 2.45) is 0 Å². The molecule has 0 atom stereocenters. The van der Waals surface area contributed by atoms with Crippen LogP contribution in [-0.4, -0.2) is 32.8 Å². The summed E-state index contributed by atoms with van der Waals surface area (Å²) in [6, 6.07) is 6.08. The number of nitrogens with zero attached hydrogens (tertiary/aromatic N) is 4. The number of fused-ring (bicyclic) bond motifs is 3. The van der Waals surface area contributed by atoms with Gasteiger partial charge in [-0.3, -0.25) is 9.38 Å². The normalized spacial score (nSPS) is 17.1. The number of hydrogen-bond acceptors (Lipinski definition) is 4. The van der Waals surface area contributed by atoms with Gasteiger partial charge < -0.3 is 4.74 Å². The van der Waals surface area contributed by atoms with Crippen molar-refractivity contribution in [1.82, 2.24) is 19.6 Å². The van der Waals surface area contributed by atoms with Gasteiger partial charge in [0.1, 0.15) is 5.82 Å². The number of ether oxygens (including phenoxy) is 1. The highest BCUT2D eigenvalue weighted by Crippen LogP contribution is 2.28. The third kappa shape index (κ3) is 1.91. The molecular weight excluding hydrogens is 320 g/mol. The Morgan fingerprint density at radius 3 is 2.90 bits per heavy atom. The van der Waals surface area contributed by atoms with Crippen LogP contribution in [-0.2, 0) is 4.74 Å². The zero-order valence-electron chi connectivity index (χ0n) is 10.8. The van der Waals surface area contributed by atoms with E-state index >= 15 is 0 Å². The first kappa shape index (κ1) is 12.2. The number of rotatable bonds is 1. The second kappa shape index (κ2) is 4.79. The van der Waals surface area contributed by atoms with Crippen LogP contribution in [0.3, 0.4) is 0 Å². The fraction of sp³-hybridized carbons (Fsp3) is 0.357. The molecule has 1 fully saturated rings. The lowest BCUT2D eigenvalue weighted by molar-refractivity contribution is 0.0834. The monoisotopic (exact) mass is 332 g/mol. The van der Waals surface area contributed by atoms with Gasteiger partial charge in [-0.25, -0.2) is 0 Å². The quantitative estimate of drug-likeness (QED) is 0.687. The Balaban J connectivity index is 1.99. The molecule has 0 spiro atoms. The van der Waals surface area contributed by atoms with Crippen LogP contribution in [0.15, 0.2) is 28.9 Å². The molecule has 4 rings (SSSR count). The van der Waals surface area contributed by atoms with Crippen molar-refractivity contribution in [3.63, 3.8) is 0 Å². The van der Waals surface area contributed by atoms with E-state index in [9.17, 15) is 0 Å². The van der Waals surface area contributed by atoms with E-state index in [-0.39, 0.29) is 0 Å². The Morgan fingerprint density at radius 1 is 1.20 bits per heavy atom. The van der Waals surface area contributed by atoms with Crippen LogP contribution in [0.25, 0.3) is 16.7 Å². The minimum Gasteiger partial charge on any atom is -0.381 e. The molecule has 0 unspecified atom stereocenters. The van der Waals surface area contributed by atoms with Crippen LogP contribution < -0.4 is 0 Å². The van der Waals surface area contributed by atoms with E-state index in [1.807, 2.05) is 12.1 Å². The molecule has 0 radical (unpaired) electrons. The molecule has 1 aliphatic rings. The van der Waals surface area contributed by atoms with E-state index in [1.165, 1.54) is 0 Å². The molecule has 0 saturated carbocycles. The maximum absolute atomic E-state index is 5.44. The highest BCUT2D eigenvalue weighted by atomic mass is 79.9. The molecule has 102 valence electrons. The Kier molecular flexibility index (Phi) is 2.93. The van der Waals surface area contributed by atoms with Crippen molar-refractivity contribution in [2.75, 3.05) is 13.2 Å². The topological polar surface area (TPSA) is 52.3 Å². The van der Waals surface area contributed by atoms with Gasteiger partial charge in [0.2, 0.25) is 0 Å². The van der Waals surface area contributed by atoms with Gasteiger partial charge in [0.05, 0.1) is 17.2 Å². The summed E-state index contributed by atoms with van der Waals surface area (Å²) in [5.41, 5.74) is 2.80. The van der Waals surface area contributed by atoms with Crippen LogP contribution in [0.1, 0.15) is 24.6 Å². The molecule has 20 heavy (non-hydrogen) atoms. The molecule has 0 amide bonds. The molecule has 5 nitrogen and oxygen atoms in total. The van der Waals surface area contributed by atoms with Gasteiger partial charge in [0, 0.05) is 23.6 Å². The molecule has 1 aromatic carbocycles. The zero-order valence-corrected chi connectivity index (χ0v) is 12.4. The van der Waals surface area contributed by atoms with Crippen molar-refractivity contribution in [3.8, 4) is 0 Å². The van der Waals surface area contributed by atoms with E-state index in [0.717, 1.165) is 53.0 Å². The molecule has 3 heterocycles. The van der Waals surface area contributed by atoms with Gasteiger partial charge in [0.25, 0.3) is 0 Å². The van der Waals surface area contributed by atoms with Gasteiger partial charge in [-0.15, -0.1) is 10.2 Å². The summed E-state index contributed by atoms with van der Waals surface area (Å²) in [4.78, 5) is 4.44. The van der Waals surface area contributed by atoms with Gasteiger partial charge in [-0.05, 0) is 31.0 Å². The Bertz CT molecular complexity index is 779. The summed E-state index contributed by atoms with van der Waals surface area (Å²) in [5.74, 6) is 1.43. The molecule has 6 heteroatoms. The maximum atomic E-state index is 5.44. The fourth-order valence-electron chi connectivity index (χ4n) is 2.77. The number of benzene rings is 1. The summed E-state index contributed by atoms with van der Waals surface area (Å²) in [6.07, 6.45) is 3.78. The van der Waals surface area contributed by atoms with Gasteiger partial charge in [-0.2, -0.15) is 0 Å². The lowest BCUT2D eigenvalue weighted by Gasteiger charge is -2.20. The van der Waals surface area contributed by atoms with Crippen LogP contribution in [0.4, 0.5) is 0 Å². The minimum absolute atomic E-state index is 0.406. The molecule has 3 aromatic rings. The zero-order chi connectivity index (χ0) is 13.5. The van der Waals surface area contributed by atoms with E-state index in [1.54, 1.807) is 6.20 Å². The van der Waals surface area contributed by atoms with Crippen LogP contribution in [0.2, 0.25) is 0 Å². The third-order valence-electron chi connectivity index (χ3n) is 3.80. The molecule has 1 aliphatic heterocycles. The average Bonchev–Trinajstić information content (AvgIpc) is 2.92.